The van der Waals surface area contributed by atoms with Gasteiger partial charge in [-0.2, -0.15) is 0 Å². The predicted octanol–water partition coefficient (Wildman–Crippen LogP) is 13.4. The molecule has 0 atom stereocenters. The number of aryl methyl sites for hydroxylation is 4. The molecule has 6 rings (SSSR count). The number of fused-ring (bicyclic) bond motifs is 10. The molecule has 5 aromatic rings. The van der Waals surface area contributed by atoms with E-state index in [1.807, 2.05) is 0 Å². The Morgan fingerprint density at radius 2 is 0.371 bits per heavy atom. The Labute approximate surface area is 372 Å². The summed E-state index contributed by atoms with van der Waals surface area (Å²) in [4.78, 5) is 0. The summed E-state index contributed by atoms with van der Waals surface area (Å²) in [6, 6.07) is 20.9. The quantitative estimate of drug-likeness (QED) is 0.107. The van der Waals surface area contributed by atoms with Crippen molar-refractivity contribution in [3.63, 3.8) is 0 Å². The molecule has 0 saturated carbocycles. The lowest BCUT2D eigenvalue weighted by molar-refractivity contribution is 0.447. The Kier molecular flexibility index (Phi) is 12.3. The van der Waals surface area contributed by atoms with Gasteiger partial charge in [0.15, 0.2) is 0 Å². The van der Waals surface area contributed by atoms with E-state index in [1.165, 1.54) is 0 Å². The minimum Gasteiger partial charge on any atom is -0.507 e. The van der Waals surface area contributed by atoms with Crippen molar-refractivity contribution in [2.24, 2.45) is 0 Å². The molecule has 332 valence electrons. The van der Waals surface area contributed by atoms with Crippen molar-refractivity contribution in [3.8, 4) is 28.7 Å². The van der Waals surface area contributed by atoms with Gasteiger partial charge >= 0.3 is 0 Å². The first-order chi connectivity index (χ1) is 28.4. The average molecular weight is 839 g/mol. The SMILES string of the molecule is CC(C)(C)c1cc2c(O)c(c1)Cc1cc(C(C)(C)C)cc(c1O)CCc1cc(C(C)(C)C)cc(c1O)Cc1cc(C(C)(C)C)cc(c1O)Cc1cc(C(C)(C)C)cc(c1O)CC2. The first kappa shape index (κ1) is 46.6. The van der Waals surface area contributed by atoms with Gasteiger partial charge < -0.3 is 25.5 Å². The van der Waals surface area contributed by atoms with Gasteiger partial charge in [-0.3, -0.25) is 0 Å². The third-order valence-corrected chi connectivity index (χ3v) is 13.1. The monoisotopic (exact) mass is 839 g/mol. The summed E-state index contributed by atoms with van der Waals surface area (Å²) in [5.74, 6) is 0.983. The third-order valence-electron chi connectivity index (χ3n) is 13.1. The van der Waals surface area contributed by atoms with Gasteiger partial charge in [-0.05, 0) is 136 Å². The number of phenols is 5. The molecule has 0 amide bonds. The number of aromatic hydroxyl groups is 5. The van der Waals surface area contributed by atoms with E-state index >= 15 is 0 Å². The molecule has 0 fully saturated rings. The van der Waals surface area contributed by atoms with Gasteiger partial charge in [0.1, 0.15) is 28.7 Å². The summed E-state index contributed by atoms with van der Waals surface area (Å²) in [7, 11) is 0. The number of phenolic OH excluding ortho intramolecular Hbond substituents is 5. The van der Waals surface area contributed by atoms with Crippen molar-refractivity contribution in [2.75, 3.05) is 0 Å². The minimum atomic E-state index is -0.242. The van der Waals surface area contributed by atoms with E-state index in [9.17, 15) is 25.5 Å². The van der Waals surface area contributed by atoms with Crippen LogP contribution in [0.1, 0.15) is 187 Å². The van der Waals surface area contributed by atoms with Gasteiger partial charge in [0.25, 0.3) is 0 Å². The van der Waals surface area contributed by atoms with Crippen LogP contribution >= 0.6 is 0 Å². The van der Waals surface area contributed by atoms with Crippen molar-refractivity contribution in [3.05, 3.63) is 144 Å². The van der Waals surface area contributed by atoms with E-state index < -0.39 is 0 Å². The van der Waals surface area contributed by atoms with Gasteiger partial charge in [-0.15, -0.1) is 0 Å². The third kappa shape index (κ3) is 9.98. The number of hydrogen-bond donors (Lipinski definition) is 5. The summed E-state index contributed by atoms with van der Waals surface area (Å²) in [6.07, 6.45) is 2.94. The van der Waals surface area contributed by atoms with Crippen molar-refractivity contribution in [1.82, 2.24) is 0 Å². The highest BCUT2D eigenvalue weighted by Gasteiger charge is 2.27. The second-order valence-corrected chi connectivity index (χ2v) is 23.5. The molecule has 1 aliphatic carbocycles. The van der Waals surface area contributed by atoms with Crippen molar-refractivity contribution >= 4 is 0 Å². The molecule has 0 radical (unpaired) electrons. The Hall–Kier alpha value is -4.90. The zero-order valence-corrected chi connectivity index (χ0v) is 40.5. The molecule has 10 bridgehead atoms. The lowest BCUT2D eigenvalue weighted by atomic mass is 9.80. The van der Waals surface area contributed by atoms with Gasteiger partial charge in [0, 0.05) is 19.3 Å². The molecule has 1 aliphatic rings. The maximum Gasteiger partial charge on any atom is 0.122 e. The molecule has 0 aromatic heterocycles. The van der Waals surface area contributed by atoms with Crippen LogP contribution in [0.5, 0.6) is 28.7 Å². The predicted molar refractivity (Wildman–Crippen MR) is 257 cm³/mol. The largest absolute Gasteiger partial charge is 0.507 e. The van der Waals surface area contributed by atoms with E-state index in [1.54, 1.807) is 0 Å². The van der Waals surface area contributed by atoms with Gasteiger partial charge in [-0.1, -0.05) is 165 Å². The minimum absolute atomic E-state index is 0.164. The van der Waals surface area contributed by atoms with E-state index in [4.69, 9.17) is 0 Å². The van der Waals surface area contributed by atoms with Crippen LogP contribution in [-0.2, 0) is 72.0 Å². The standard InChI is InChI=1S/C57H74O5/c1-53(2,3)43-23-33-16-18-35-25-45(55(7,8)9)29-39(50(35)60)21-41-31-47(57(13,14)15)32-42(52(41)62)22-40-30-46(56(10,11)12)26-36(51(40)61)19-17-34-24-44(54(4,5)6)28-38(49(34)59)20-37(27-43)48(33)58/h23-32,58-62H,16-22H2,1-15H3. The summed E-state index contributed by atoms with van der Waals surface area (Å²) in [5, 5.41) is 60.9. The summed E-state index contributed by atoms with van der Waals surface area (Å²) in [5.41, 5.74) is 11.9. The normalized spacial score (nSPS) is 14.6. The molecule has 0 unspecified atom stereocenters. The highest BCUT2D eigenvalue weighted by atomic mass is 16.3. The maximum atomic E-state index is 12.2. The van der Waals surface area contributed by atoms with Crippen LogP contribution in [0, 0.1) is 0 Å². The van der Waals surface area contributed by atoms with Crippen molar-refractivity contribution < 1.29 is 25.5 Å². The highest BCUT2D eigenvalue weighted by Crippen LogP contribution is 2.42. The molecule has 0 saturated heterocycles. The van der Waals surface area contributed by atoms with E-state index in [0.29, 0.717) is 44.9 Å². The summed E-state index contributed by atoms with van der Waals surface area (Å²) < 4.78 is 0. The summed E-state index contributed by atoms with van der Waals surface area (Å²) in [6.45, 7) is 32.6. The Morgan fingerprint density at radius 3 is 0.516 bits per heavy atom. The molecule has 62 heavy (non-hydrogen) atoms. The van der Waals surface area contributed by atoms with Crippen LogP contribution in [0.15, 0.2) is 60.7 Å². The van der Waals surface area contributed by atoms with Crippen LogP contribution in [-0.4, -0.2) is 25.5 Å². The van der Waals surface area contributed by atoms with Crippen LogP contribution in [0.3, 0.4) is 0 Å². The van der Waals surface area contributed by atoms with Crippen LogP contribution < -0.4 is 0 Å². The van der Waals surface area contributed by atoms with E-state index in [2.05, 4.69) is 165 Å². The van der Waals surface area contributed by atoms with Gasteiger partial charge in [0.05, 0.1) is 0 Å². The average Bonchev–Trinajstić information content (AvgIpc) is 3.13. The Balaban J connectivity index is 1.66. The zero-order valence-electron chi connectivity index (χ0n) is 40.5. The Bertz CT molecular complexity index is 2340. The fourth-order valence-corrected chi connectivity index (χ4v) is 8.69. The molecule has 0 spiro atoms. The fourth-order valence-electron chi connectivity index (χ4n) is 8.69. The first-order valence-electron chi connectivity index (χ1n) is 22.7. The van der Waals surface area contributed by atoms with E-state index in [0.717, 1.165) is 83.5 Å². The van der Waals surface area contributed by atoms with Gasteiger partial charge in [-0.25, -0.2) is 0 Å². The van der Waals surface area contributed by atoms with Crippen LogP contribution in [0.25, 0.3) is 0 Å². The maximum absolute atomic E-state index is 12.2. The topological polar surface area (TPSA) is 101 Å². The van der Waals surface area contributed by atoms with E-state index in [-0.39, 0.29) is 55.8 Å². The molecule has 0 aliphatic heterocycles. The number of hydrogen-bond acceptors (Lipinski definition) is 5. The van der Waals surface area contributed by atoms with Crippen LogP contribution in [0.2, 0.25) is 0 Å². The smallest absolute Gasteiger partial charge is 0.122 e. The molecular weight excluding hydrogens is 765 g/mol. The summed E-state index contributed by atoms with van der Waals surface area (Å²) >= 11 is 0. The van der Waals surface area contributed by atoms with Crippen molar-refractivity contribution in [2.45, 2.75) is 176 Å². The lowest BCUT2D eigenvalue weighted by Gasteiger charge is -2.26. The number of rotatable bonds is 0. The molecule has 5 N–H and O–H groups in total. The van der Waals surface area contributed by atoms with Crippen molar-refractivity contribution in [1.29, 1.82) is 0 Å². The molecule has 5 heteroatoms. The fraction of sp³-hybridized carbons (Fsp3) is 0.474. The second-order valence-electron chi connectivity index (χ2n) is 23.5. The highest BCUT2D eigenvalue weighted by molar-refractivity contribution is 5.57. The molecular formula is C57H74O5. The second kappa shape index (κ2) is 16.3. The molecule has 5 nitrogen and oxygen atoms in total. The number of benzene rings is 5. The first-order valence-corrected chi connectivity index (χ1v) is 22.7. The zero-order chi connectivity index (χ0) is 46.1. The van der Waals surface area contributed by atoms with Gasteiger partial charge in [0.2, 0.25) is 0 Å². The molecule has 0 heterocycles. The van der Waals surface area contributed by atoms with Crippen LogP contribution in [0.4, 0.5) is 0 Å². The Morgan fingerprint density at radius 1 is 0.242 bits per heavy atom. The lowest BCUT2D eigenvalue weighted by Crippen LogP contribution is -2.15. The molecule has 5 aromatic carbocycles.